The third kappa shape index (κ3) is 3.09. The SMILES string of the molecule is CCOC(=O)c1coc(NC(C)(C)C(C)(C)C(=O)O)n1. The molecule has 0 saturated heterocycles. The second-order valence-corrected chi connectivity index (χ2v) is 5.44. The van der Waals surface area contributed by atoms with Crippen LogP contribution in [-0.4, -0.2) is 34.2 Å². The summed E-state index contributed by atoms with van der Waals surface area (Å²) in [7, 11) is 0. The molecule has 0 aliphatic carbocycles. The maximum Gasteiger partial charge on any atom is 0.360 e. The van der Waals surface area contributed by atoms with E-state index in [1.807, 2.05) is 0 Å². The average molecular weight is 284 g/mol. The number of rotatable bonds is 6. The number of ether oxygens (including phenoxy) is 1. The summed E-state index contributed by atoms with van der Waals surface area (Å²) in [6.45, 7) is 8.56. The Balaban J connectivity index is 2.89. The van der Waals surface area contributed by atoms with E-state index in [9.17, 15) is 14.7 Å². The molecule has 112 valence electrons. The van der Waals surface area contributed by atoms with Crippen LogP contribution >= 0.6 is 0 Å². The number of carboxylic acids is 1. The third-order valence-electron chi connectivity index (χ3n) is 3.51. The molecule has 0 unspecified atom stereocenters. The van der Waals surface area contributed by atoms with E-state index >= 15 is 0 Å². The minimum atomic E-state index is -1.06. The van der Waals surface area contributed by atoms with E-state index in [-0.39, 0.29) is 18.3 Å². The standard InChI is InChI=1S/C13H20N2O5/c1-6-19-9(16)8-7-20-11(14-8)15-13(4,5)12(2,3)10(17)18/h7H,6H2,1-5H3,(H,14,15)(H,17,18). The Morgan fingerprint density at radius 3 is 2.50 bits per heavy atom. The van der Waals surface area contributed by atoms with Gasteiger partial charge in [0.15, 0.2) is 5.69 Å². The van der Waals surface area contributed by atoms with Gasteiger partial charge in [-0.1, -0.05) is 0 Å². The normalized spacial score (nSPS) is 12.1. The van der Waals surface area contributed by atoms with Crippen molar-refractivity contribution >= 4 is 18.0 Å². The molecular formula is C13H20N2O5. The first-order valence-electron chi connectivity index (χ1n) is 6.26. The van der Waals surface area contributed by atoms with Crippen molar-refractivity contribution in [2.45, 2.75) is 40.2 Å². The van der Waals surface area contributed by atoms with Crippen molar-refractivity contribution in [3.63, 3.8) is 0 Å². The van der Waals surface area contributed by atoms with Gasteiger partial charge in [0.05, 0.1) is 17.6 Å². The number of esters is 1. The highest BCUT2D eigenvalue weighted by molar-refractivity contribution is 5.87. The molecule has 0 atom stereocenters. The van der Waals surface area contributed by atoms with Crippen molar-refractivity contribution in [2.24, 2.45) is 5.41 Å². The molecule has 2 N–H and O–H groups in total. The number of aliphatic carboxylic acids is 1. The quantitative estimate of drug-likeness (QED) is 0.771. The summed E-state index contributed by atoms with van der Waals surface area (Å²) in [5.74, 6) is -1.54. The number of anilines is 1. The summed E-state index contributed by atoms with van der Waals surface area (Å²) < 4.78 is 9.92. The zero-order valence-corrected chi connectivity index (χ0v) is 12.3. The lowest BCUT2D eigenvalue weighted by molar-refractivity contribution is -0.149. The van der Waals surface area contributed by atoms with E-state index in [4.69, 9.17) is 9.15 Å². The zero-order valence-electron chi connectivity index (χ0n) is 12.3. The minimum absolute atomic E-state index is 0.0401. The fraction of sp³-hybridized carbons (Fsp3) is 0.615. The van der Waals surface area contributed by atoms with Crippen LogP contribution in [0.3, 0.4) is 0 Å². The van der Waals surface area contributed by atoms with Gasteiger partial charge in [0, 0.05) is 0 Å². The first kappa shape index (κ1) is 16.0. The number of oxazole rings is 1. The smallest absolute Gasteiger partial charge is 0.360 e. The van der Waals surface area contributed by atoms with E-state index in [0.29, 0.717) is 0 Å². The van der Waals surface area contributed by atoms with Gasteiger partial charge in [0.2, 0.25) is 0 Å². The Labute approximate surface area is 117 Å². The summed E-state index contributed by atoms with van der Waals surface area (Å²) in [4.78, 5) is 26.7. The van der Waals surface area contributed by atoms with E-state index in [1.54, 1.807) is 34.6 Å². The molecule has 1 aromatic heterocycles. The fourth-order valence-corrected chi connectivity index (χ4v) is 1.32. The van der Waals surface area contributed by atoms with Gasteiger partial charge in [-0.15, -0.1) is 0 Å². The Hall–Kier alpha value is -2.05. The Kier molecular flexibility index (Phi) is 4.42. The third-order valence-corrected chi connectivity index (χ3v) is 3.51. The van der Waals surface area contributed by atoms with Crippen molar-refractivity contribution in [3.05, 3.63) is 12.0 Å². The number of hydrogen-bond donors (Lipinski definition) is 2. The van der Waals surface area contributed by atoms with Crippen LogP contribution in [0.25, 0.3) is 0 Å². The molecular weight excluding hydrogens is 264 g/mol. The van der Waals surface area contributed by atoms with Crippen molar-refractivity contribution in [1.29, 1.82) is 0 Å². The molecule has 20 heavy (non-hydrogen) atoms. The lowest BCUT2D eigenvalue weighted by Crippen LogP contribution is -2.50. The molecule has 0 radical (unpaired) electrons. The van der Waals surface area contributed by atoms with Gasteiger partial charge < -0.3 is 19.6 Å². The van der Waals surface area contributed by atoms with Crippen LogP contribution in [0.15, 0.2) is 10.7 Å². The maximum absolute atomic E-state index is 11.5. The highest BCUT2D eigenvalue weighted by Crippen LogP contribution is 2.33. The maximum atomic E-state index is 11.5. The monoisotopic (exact) mass is 284 g/mol. The summed E-state index contributed by atoms with van der Waals surface area (Å²) in [6, 6.07) is 0.0763. The summed E-state index contributed by atoms with van der Waals surface area (Å²) in [5.41, 5.74) is -1.86. The Bertz CT molecular complexity index is 505. The molecule has 0 aliphatic heterocycles. The number of hydrogen-bond acceptors (Lipinski definition) is 6. The summed E-state index contributed by atoms with van der Waals surface area (Å²) in [5, 5.41) is 12.1. The molecule has 1 heterocycles. The predicted molar refractivity (Wildman–Crippen MR) is 71.6 cm³/mol. The summed E-state index contributed by atoms with van der Waals surface area (Å²) >= 11 is 0. The van der Waals surface area contributed by atoms with Gasteiger partial charge in [-0.05, 0) is 34.6 Å². The van der Waals surface area contributed by atoms with E-state index in [0.717, 1.165) is 0 Å². The number of carbonyl (C=O) groups is 2. The lowest BCUT2D eigenvalue weighted by Gasteiger charge is -2.38. The molecule has 1 rings (SSSR count). The molecule has 0 aromatic carbocycles. The van der Waals surface area contributed by atoms with E-state index in [1.165, 1.54) is 6.26 Å². The van der Waals surface area contributed by atoms with Crippen LogP contribution < -0.4 is 5.32 Å². The van der Waals surface area contributed by atoms with Gasteiger partial charge in [-0.3, -0.25) is 4.79 Å². The zero-order chi connectivity index (χ0) is 15.6. The highest BCUT2D eigenvalue weighted by atomic mass is 16.5. The molecule has 0 spiro atoms. The van der Waals surface area contributed by atoms with Crippen molar-refractivity contribution < 1.29 is 23.8 Å². The number of nitrogens with one attached hydrogen (secondary N) is 1. The summed E-state index contributed by atoms with van der Waals surface area (Å²) in [6.07, 6.45) is 1.17. The molecule has 7 nitrogen and oxygen atoms in total. The van der Waals surface area contributed by atoms with Crippen LogP contribution in [0.4, 0.5) is 6.01 Å². The van der Waals surface area contributed by atoms with E-state index < -0.39 is 22.9 Å². The second kappa shape index (κ2) is 5.52. The van der Waals surface area contributed by atoms with Crippen LogP contribution in [0.2, 0.25) is 0 Å². The molecule has 1 aromatic rings. The first-order valence-corrected chi connectivity index (χ1v) is 6.26. The van der Waals surface area contributed by atoms with Gasteiger partial charge in [0.1, 0.15) is 6.26 Å². The molecule has 0 saturated carbocycles. The first-order chi connectivity index (χ1) is 9.11. The van der Waals surface area contributed by atoms with Gasteiger partial charge in [-0.25, -0.2) is 4.79 Å². The van der Waals surface area contributed by atoms with Gasteiger partial charge in [-0.2, -0.15) is 4.98 Å². The fourth-order valence-electron chi connectivity index (χ4n) is 1.32. The number of carbonyl (C=O) groups excluding carboxylic acids is 1. The Morgan fingerprint density at radius 1 is 1.40 bits per heavy atom. The van der Waals surface area contributed by atoms with E-state index in [2.05, 4.69) is 10.3 Å². The molecule has 0 aliphatic rings. The number of carboxylic acid groups (broad SMARTS) is 1. The minimum Gasteiger partial charge on any atom is -0.481 e. The van der Waals surface area contributed by atoms with Gasteiger partial charge in [0.25, 0.3) is 6.01 Å². The largest absolute Gasteiger partial charge is 0.481 e. The Morgan fingerprint density at radius 2 is 2.00 bits per heavy atom. The molecule has 0 fully saturated rings. The second-order valence-electron chi connectivity index (χ2n) is 5.44. The number of nitrogens with zero attached hydrogens (tertiary/aromatic N) is 1. The van der Waals surface area contributed by atoms with Crippen LogP contribution in [-0.2, 0) is 9.53 Å². The molecule has 0 amide bonds. The van der Waals surface area contributed by atoms with Crippen LogP contribution in [0.1, 0.15) is 45.1 Å². The average Bonchev–Trinajstić information content (AvgIpc) is 2.76. The van der Waals surface area contributed by atoms with Crippen molar-refractivity contribution in [1.82, 2.24) is 4.98 Å². The number of aromatic nitrogens is 1. The highest BCUT2D eigenvalue weighted by Gasteiger charge is 2.44. The van der Waals surface area contributed by atoms with Crippen LogP contribution in [0, 0.1) is 5.41 Å². The molecule has 0 bridgehead atoms. The lowest BCUT2D eigenvalue weighted by atomic mass is 9.74. The van der Waals surface area contributed by atoms with Crippen molar-refractivity contribution in [3.8, 4) is 0 Å². The van der Waals surface area contributed by atoms with Gasteiger partial charge >= 0.3 is 11.9 Å². The van der Waals surface area contributed by atoms with Crippen LogP contribution in [0.5, 0.6) is 0 Å². The predicted octanol–water partition coefficient (Wildman–Crippen LogP) is 2.15. The topological polar surface area (TPSA) is 102 Å². The molecule has 7 heteroatoms. The van der Waals surface area contributed by atoms with Crippen molar-refractivity contribution in [2.75, 3.05) is 11.9 Å².